The third-order valence-electron chi connectivity index (χ3n) is 1.40. The van der Waals surface area contributed by atoms with Crippen LogP contribution in [-0.4, -0.2) is 31.1 Å². The number of furan rings is 1. The van der Waals surface area contributed by atoms with Crippen molar-refractivity contribution >= 4 is 22.3 Å². The van der Waals surface area contributed by atoms with E-state index in [1.54, 1.807) is 6.07 Å². The fourth-order valence-electron chi connectivity index (χ4n) is 0.885. The van der Waals surface area contributed by atoms with Gasteiger partial charge in [-0.15, -0.1) is 0 Å². The van der Waals surface area contributed by atoms with Crippen molar-refractivity contribution < 1.29 is 22.2 Å². The minimum atomic E-state index is -4.17. The van der Waals surface area contributed by atoms with Gasteiger partial charge in [0.15, 0.2) is 5.88 Å². The third-order valence-corrected chi connectivity index (χ3v) is 2.18. The van der Waals surface area contributed by atoms with Crippen LogP contribution >= 0.6 is 0 Å². The van der Waals surface area contributed by atoms with Gasteiger partial charge in [-0.25, -0.2) is 0 Å². The Morgan fingerprint density at radius 3 is 2.79 bits per heavy atom. The van der Waals surface area contributed by atoms with E-state index >= 15 is 0 Å². The number of carbonyl (C=O) groups is 1. The Balaban J connectivity index is 2.61. The predicted octanol–water partition coefficient (Wildman–Crippen LogP) is 0.147. The summed E-state index contributed by atoms with van der Waals surface area (Å²) < 4.78 is 34.2. The minimum absolute atomic E-state index is 0.269. The molecule has 0 aliphatic rings. The molecule has 0 spiro atoms. The zero-order valence-corrected chi connectivity index (χ0v) is 7.90. The highest BCUT2D eigenvalue weighted by Gasteiger charge is 2.16. The van der Waals surface area contributed by atoms with E-state index < -0.39 is 21.9 Å². The molecule has 7 heteroatoms. The Labute approximate surface area is 80.7 Å². The smallest absolute Gasteiger partial charge is 0.267 e. The summed E-state index contributed by atoms with van der Waals surface area (Å²) in [6, 6.07) is 2.09. The summed E-state index contributed by atoms with van der Waals surface area (Å²) in [5.41, 5.74) is 0. The molecule has 0 unspecified atom stereocenters. The molecule has 0 saturated carbocycles. The van der Waals surface area contributed by atoms with Crippen molar-refractivity contribution in [3.63, 3.8) is 0 Å². The topological polar surface area (TPSA) is 96.6 Å². The van der Waals surface area contributed by atoms with Crippen molar-refractivity contribution in [1.29, 1.82) is 0 Å². The molecule has 1 atom stereocenters. The van der Waals surface area contributed by atoms with Crippen molar-refractivity contribution in [1.82, 2.24) is 0 Å². The number of hydrogen-bond acceptors (Lipinski definition) is 5. The predicted molar refractivity (Wildman–Crippen MR) is 48.6 cm³/mol. The molecule has 0 aliphatic carbocycles. The highest BCUT2D eigenvalue weighted by molar-refractivity contribution is 7.85. The molecule has 1 heterocycles. The molecule has 0 aliphatic heterocycles. The van der Waals surface area contributed by atoms with E-state index in [4.69, 9.17) is 8.97 Å². The fraction of sp³-hybridized carbons (Fsp3) is 0.286. The zero-order chi connectivity index (χ0) is 10.6. The van der Waals surface area contributed by atoms with Crippen LogP contribution in [0.4, 0.5) is 5.88 Å². The first kappa shape index (κ1) is 10.7. The first-order valence-corrected chi connectivity index (χ1v) is 5.32. The Bertz CT molecular complexity index is 382. The molecule has 0 bridgehead atoms. The second-order valence-corrected chi connectivity index (χ2v) is 4.11. The molecule has 14 heavy (non-hydrogen) atoms. The van der Waals surface area contributed by atoms with E-state index in [1.807, 2.05) is 0 Å². The molecule has 6 nitrogen and oxygen atoms in total. The zero-order valence-electron chi connectivity index (χ0n) is 7.08. The van der Waals surface area contributed by atoms with Gasteiger partial charge in [0, 0.05) is 6.07 Å². The van der Waals surface area contributed by atoms with Crippen molar-refractivity contribution in [2.75, 3.05) is 11.1 Å². The maximum Gasteiger partial charge on any atom is 0.267 e. The maximum absolute atomic E-state index is 10.5. The standard InChI is InChI=1S/C7H9NO5S/c9-4-6(5-14(10,11)12)8-7-2-1-3-13-7/h1-4,6,8H,5H2,(H,10,11,12)/t6-/m1/s1. The minimum Gasteiger partial charge on any atom is -0.449 e. The highest BCUT2D eigenvalue weighted by Crippen LogP contribution is 2.08. The maximum atomic E-state index is 10.5. The lowest BCUT2D eigenvalue weighted by molar-refractivity contribution is -0.108. The lowest BCUT2D eigenvalue weighted by Gasteiger charge is -2.08. The van der Waals surface area contributed by atoms with E-state index in [-0.39, 0.29) is 5.88 Å². The van der Waals surface area contributed by atoms with Crippen LogP contribution in [0.2, 0.25) is 0 Å². The molecular weight excluding hydrogens is 210 g/mol. The largest absolute Gasteiger partial charge is 0.449 e. The molecule has 0 saturated heterocycles. The number of anilines is 1. The van der Waals surface area contributed by atoms with Gasteiger partial charge in [-0.05, 0) is 6.07 Å². The summed E-state index contributed by atoms with van der Waals surface area (Å²) in [6.07, 6.45) is 1.76. The number of nitrogens with one attached hydrogen (secondary N) is 1. The fourth-order valence-corrected chi connectivity index (χ4v) is 1.50. The van der Waals surface area contributed by atoms with Crippen LogP contribution in [0.5, 0.6) is 0 Å². The van der Waals surface area contributed by atoms with Gasteiger partial charge in [0.05, 0.1) is 6.26 Å². The van der Waals surface area contributed by atoms with Gasteiger partial charge in [0.1, 0.15) is 18.1 Å². The molecule has 1 aromatic rings. The molecule has 78 valence electrons. The summed E-state index contributed by atoms with van der Waals surface area (Å²) in [6.45, 7) is 0. The van der Waals surface area contributed by atoms with E-state index in [2.05, 4.69) is 5.32 Å². The molecule has 1 aromatic heterocycles. The van der Waals surface area contributed by atoms with Crippen molar-refractivity contribution in [2.24, 2.45) is 0 Å². The second kappa shape index (κ2) is 4.25. The molecular formula is C7H9NO5S. The van der Waals surface area contributed by atoms with Crippen LogP contribution in [-0.2, 0) is 14.9 Å². The van der Waals surface area contributed by atoms with Crippen LogP contribution in [0.3, 0.4) is 0 Å². The summed E-state index contributed by atoms with van der Waals surface area (Å²) in [5, 5.41) is 2.49. The number of hydrogen-bond donors (Lipinski definition) is 2. The average Bonchev–Trinajstić information content (AvgIpc) is 2.53. The van der Waals surface area contributed by atoms with Crippen molar-refractivity contribution in [3.8, 4) is 0 Å². The van der Waals surface area contributed by atoms with Gasteiger partial charge < -0.3 is 14.5 Å². The first-order chi connectivity index (χ1) is 6.51. The van der Waals surface area contributed by atoms with Gasteiger partial charge >= 0.3 is 0 Å². The number of rotatable bonds is 5. The molecule has 1 rings (SSSR count). The summed E-state index contributed by atoms with van der Waals surface area (Å²) in [4.78, 5) is 10.4. The van der Waals surface area contributed by atoms with Gasteiger partial charge in [-0.2, -0.15) is 8.42 Å². The van der Waals surface area contributed by atoms with E-state index in [9.17, 15) is 13.2 Å². The highest BCUT2D eigenvalue weighted by atomic mass is 32.2. The third kappa shape index (κ3) is 3.58. The van der Waals surface area contributed by atoms with E-state index in [1.165, 1.54) is 12.3 Å². The summed E-state index contributed by atoms with van der Waals surface area (Å²) in [5.74, 6) is -0.414. The summed E-state index contributed by atoms with van der Waals surface area (Å²) in [7, 11) is -4.17. The second-order valence-electron chi connectivity index (χ2n) is 2.61. The van der Waals surface area contributed by atoms with E-state index in [0.29, 0.717) is 6.29 Å². The van der Waals surface area contributed by atoms with Gasteiger partial charge in [-0.1, -0.05) is 0 Å². The van der Waals surface area contributed by atoms with E-state index in [0.717, 1.165) is 0 Å². The average molecular weight is 219 g/mol. The Morgan fingerprint density at radius 1 is 1.64 bits per heavy atom. The first-order valence-electron chi connectivity index (χ1n) is 3.72. The number of carbonyl (C=O) groups excluding carboxylic acids is 1. The van der Waals surface area contributed by atoms with Crippen LogP contribution < -0.4 is 5.32 Å². The molecule has 0 amide bonds. The van der Waals surface area contributed by atoms with Crippen molar-refractivity contribution in [3.05, 3.63) is 18.4 Å². The summed E-state index contributed by atoms with van der Waals surface area (Å²) >= 11 is 0. The van der Waals surface area contributed by atoms with Crippen LogP contribution in [0.25, 0.3) is 0 Å². The van der Waals surface area contributed by atoms with Crippen molar-refractivity contribution in [2.45, 2.75) is 6.04 Å². The normalized spacial score (nSPS) is 13.5. The Kier molecular flexibility index (Phi) is 3.26. The molecule has 0 fully saturated rings. The Morgan fingerprint density at radius 2 is 2.36 bits per heavy atom. The van der Waals surface area contributed by atoms with Crippen LogP contribution in [0.1, 0.15) is 0 Å². The molecule has 0 radical (unpaired) electrons. The van der Waals surface area contributed by atoms with Crippen LogP contribution in [0, 0.1) is 0 Å². The Hall–Kier alpha value is -1.34. The van der Waals surface area contributed by atoms with Gasteiger partial charge in [0.25, 0.3) is 10.1 Å². The quantitative estimate of drug-likeness (QED) is 0.540. The van der Waals surface area contributed by atoms with Crippen LogP contribution in [0.15, 0.2) is 22.8 Å². The monoisotopic (exact) mass is 219 g/mol. The molecule has 2 N–H and O–H groups in total. The number of aldehydes is 1. The van der Waals surface area contributed by atoms with Gasteiger partial charge in [0.2, 0.25) is 0 Å². The lowest BCUT2D eigenvalue weighted by Crippen LogP contribution is -2.29. The van der Waals surface area contributed by atoms with Gasteiger partial charge in [-0.3, -0.25) is 4.55 Å². The SMILES string of the molecule is O=C[C@H](CS(=O)(=O)O)Nc1ccco1. The lowest BCUT2D eigenvalue weighted by atomic mass is 10.4. The molecule has 0 aromatic carbocycles.